The maximum absolute atomic E-state index is 10.6. The molecule has 2 bridgehead atoms. The summed E-state index contributed by atoms with van der Waals surface area (Å²) in [5, 5.41) is 0. The van der Waals surface area contributed by atoms with Crippen molar-refractivity contribution in [2.45, 2.75) is 26.2 Å². The average Bonchev–Trinajstić information content (AvgIpc) is 2.60. The van der Waals surface area contributed by atoms with Crippen molar-refractivity contribution in [3.05, 3.63) is 11.6 Å². The molecule has 1 nitrogen and oxygen atoms in total. The normalized spacial score (nSPS) is 45.2. The van der Waals surface area contributed by atoms with E-state index in [1.807, 2.05) is 0 Å². The van der Waals surface area contributed by atoms with Crippen LogP contribution >= 0.6 is 0 Å². The van der Waals surface area contributed by atoms with E-state index >= 15 is 0 Å². The number of hydrogen-bond acceptors (Lipinski definition) is 1. The van der Waals surface area contributed by atoms with Crippen LogP contribution in [-0.4, -0.2) is 6.29 Å². The van der Waals surface area contributed by atoms with Gasteiger partial charge in [0, 0.05) is 5.92 Å². The Morgan fingerprint density at radius 2 is 2.27 bits per heavy atom. The van der Waals surface area contributed by atoms with E-state index in [4.69, 9.17) is 0 Å². The molecule has 0 radical (unpaired) electrons. The molecule has 0 aromatic rings. The molecule has 2 aliphatic rings. The van der Waals surface area contributed by atoms with Crippen LogP contribution in [0.3, 0.4) is 0 Å². The molecule has 0 aromatic carbocycles. The Balaban J connectivity index is 2.20. The smallest absolute Gasteiger partial charge is 0.123 e. The molecule has 11 heavy (non-hydrogen) atoms. The first-order valence-corrected chi connectivity index (χ1v) is 4.45. The zero-order chi connectivity index (χ0) is 7.84. The second-order valence-corrected chi connectivity index (χ2v) is 3.81. The second-order valence-electron chi connectivity index (χ2n) is 3.81. The van der Waals surface area contributed by atoms with E-state index in [1.165, 1.54) is 12.8 Å². The van der Waals surface area contributed by atoms with Crippen LogP contribution in [-0.2, 0) is 4.79 Å². The van der Waals surface area contributed by atoms with Gasteiger partial charge in [0.15, 0.2) is 0 Å². The summed E-state index contributed by atoms with van der Waals surface area (Å²) >= 11 is 0. The Morgan fingerprint density at radius 3 is 2.82 bits per heavy atom. The Morgan fingerprint density at radius 1 is 1.45 bits per heavy atom. The molecule has 2 fully saturated rings. The highest BCUT2D eigenvalue weighted by molar-refractivity contribution is 5.57. The van der Waals surface area contributed by atoms with Crippen molar-refractivity contribution in [2.75, 3.05) is 0 Å². The summed E-state index contributed by atoms with van der Waals surface area (Å²) in [7, 11) is 0. The van der Waals surface area contributed by atoms with Crippen molar-refractivity contribution >= 4 is 6.29 Å². The summed E-state index contributed by atoms with van der Waals surface area (Å²) in [6, 6.07) is 0. The minimum Gasteiger partial charge on any atom is -0.303 e. The molecule has 60 valence electrons. The first-order valence-electron chi connectivity index (χ1n) is 4.45. The van der Waals surface area contributed by atoms with Gasteiger partial charge >= 0.3 is 0 Å². The van der Waals surface area contributed by atoms with E-state index in [0.29, 0.717) is 11.8 Å². The quantitative estimate of drug-likeness (QED) is 0.413. The number of aldehydes is 1. The molecule has 0 saturated heterocycles. The van der Waals surface area contributed by atoms with Gasteiger partial charge in [-0.25, -0.2) is 0 Å². The van der Waals surface area contributed by atoms with E-state index in [0.717, 1.165) is 18.6 Å². The minimum absolute atomic E-state index is 0.361. The lowest BCUT2D eigenvalue weighted by atomic mass is 9.86. The van der Waals surface area contributed by atoms with Crippen LogP contribution in [0.2, 0.25) is 0 Å². The Hall–Kier alpha value is -0.590. The molecule has 2 aliphatic carbocycles. The van der Waals surface area contributed by atoms with Crippen LogP contribution in [0.4, 0.5) is 0 Å². The SMILES string of the molecule is CC=C1C[C@H]2CC(C=O)[C@@H]1C2. The van der Waals surface area contributed by atoms with Gasteiger partial charge in [0.1, 0.15) is 6.29 Å². The maximum atomic E-state index is 10.6. The van der Waals surface area contributed by atoms with Crippen molar-refractivity contribution in [3.63, 3.8) is 0 Å². The molecule has 0 aliphatic heterocycles. The highest BCUT2D eigenvalue weighted by atomic mass is 16.1. The number of carbonyl (C=O) groups is 1. The lowest BCUT2D eigenvalue weighted by Crippen LogP contribution is -2.13. The number of hydrogen-bond donors (Lipinski definition) is 0. The monoisotopic (exact) mass is 150 g/mol. The van der Waals surface area contributed by atoms with E-state index in [-0.39, 0.29) is 0 Å². The topological polar surface area (TPSA) is 17.1 Å². The summed E-state index contributed by atoms with van der Waals surface area (Å²) < 4.78 is 0. The molecule has 2 saturated carbocycles. The Labute approximate surface area is 67.5 Å². The number of rotatable bonds is 1. The molecule has 0 N–H and O–H groups in total. The molecule has 3 atom stereocenters. The molecule has 1 unspecified atom stereocenters. The standard InChI is InChI=1S/C10H14O/c1-2-8-3-7-4-9(6-11)10(8)5-7/h2,6-7,9-10H,3-5H2,1H3/t7-,9?,10+/m0/s1. The van der Waals surface area contributed by atoms with Gasteiger partial charge in [-0.2, -0.15) is 0 Å². The molecule has 0 amide bonds. The van der Waals surface area contributed by atoms with E-state index in [2.05, 4.69) is 13.0 Å². The van der Waals surface area contributed by atoms with Crippen molar-refractivity contribution in [2.24, 2.45) is 17.8 Å². The average molecular weight is 150 g/mol. The highest BCUT2D eigenvalue weighted by Crippen LogP contribution is 2.50. The Kier molecular flexibility index (Phi) is 1.59. The van der Waals surface area contributed by atoms with Gasteiger partial charge in [-0.1, -0.05) is 11.6 Å². The predicted molar refractivity (Wildman–Crippen MR) is 44.1 cm³/mol. The number of carbonyl (C=O) groups excluding carboxylic acids is 1. The third-order valence-corrected chi connectivity index (χ3v) is 3.26. The minimum atomic E-state index is 0.361. The molecule has 2 rings (SSSR count). The number of allylic oxidation sites excluding steroid dienone is 2. The van der Waals surface area contributed by atoms with Gasteiger partial charge in [0.2, 0.25) is 0 Å². The van der Waals surface area contributed by atoms with Crippen LogP contribution in [0, 0.1) is 17.8 Å². The number of fused-ring (bicyclic) bond motifs is 2. The van der Waals surface area contributed by atoms with Gasteiger partial charge < -0.3 is 4.79 Å². The molecule has 0 aromatic heterocycles. The van der Waals surface area contributed by atoms with Crippen molar-refractivity contribution < 1.29 is 4.79 Å². The summed E-state index contributed by atoms with van der Waals surface area (Å²) in [6.45, 7) is 2.10. The van der Waals surface area contributed by atoms with Crippen LogP contribution in [0.5, 0.6) is 0 Å². The first kappa shape index (κ1) is 7.08. The Bertz CT molecular complexity index is 205. The lowest BCUT2D eigenvalue weighted by Gasteiger charge is -2.18. The van der Waals surface area contributed by atoms with Gasteiger partial charge in [0.25, 0.3) is 0 Å². The molecule has 1 heteroatoms. The van der Waals surface area contributed by atoms with Gasteiger partial charge in [-0.15, -0.1) is 0 Å². The third kappa shape index (κ3) is 0.943. The first-order chi connectivity index (χ1) is 5.35. The molecule has 0 spiro atoms. The van der Waals surface area contributed by atoms with Crippen LogP contribution in [0.1, 0.15) is 26.2 Å². The third-order valence-electron chi connectivity index (χ3n) is 3.26. The molecular formula is C10H14O. The van der Waals surface area contributed by atoms with Crippen LogP contribution in [0.15, 0.2) is 11.6 Å². The van der Waals surface area contributed by atoms with Gasteiger partial charge in [-0.05, 0) is 38.0 Å². The van der Waals surface area contributed by atoms with E-state index < -0.39 is 0 Å². The van der Waals surface area contributed by atoms with E-state index in [9.17, 15) is 4.79 Å². The fraction of sp³-hybridized carbons (Fsp3) is 0.700. The van der Waals surface area contributed by atoms with Gasteiger partial charge in [0.05, 0.1) is 0 Å². The largest absolute Gasteiger partial charge is 0.303 e. The predicted octanol–water partition coefficient (Wildman–Crippen LogP) is 2.18. The summed E-state index contributed by atoms with van der Waals surface area (Å²) in [6.07, 6.45) is 7.08. The van der Waals surface area contributed by atoms with E-state index in [1.54, 1.807) is 5.57 Å². The van der Waals surface area contributed by atoms with Crippen molar-refractivity contribution in [1.29, 1.82) is 0 Å². The summed E-state index contributed by atoms with van der Waals surface area (Å²) in [5.41, 5.74) is 1.54. The summed E-state index contributed by atoms with van der Waals surface area (Å²) in [5.74, 6) is 1.82. The molecular weight excluding hydrogens is 136 g/mol. The highest BCUT2D eigenvalue weighted by Gasteiger charge is 2.41. The zero-order valence-electron chi connectivity index (χ0n) is 6.92. The van der Waals surface area contributed by atoms with Gasteiger partial charge in [-0.3, -0.25) is 0 Å². The molecule has 0 heterocycles. The van der Waals surface area contributed by atoms with Crippen molar-refractivity contribution in [1.82, 2.24) is 0 Å². The van der Waals surface area contributed by atoms with Crippen LogP contribution < -0.4 is 0 Å². The lowest BCUT2D eigenvalue weighted by molar-refractivity contribution is -0.111. The summed E-state index contributed by atoms with van der Waals surface area (Å²) in [4.78, 5) is 10.6. The second kappa shape index (κ2) is 2.47. The fourth-order valence-electron chi connectivity index (χ4n) is 2.74. The zero-order valence-corrected chi connectivity index (χ0v) is 6.92. The fourth-order valence-corrected chi connectivity index (χ4v) is 2.74. The maximum Gasteiger partial charge on any atom is 0.123 e. The van der Waals surface area contributed by atoms with Crippen LogP contribution in [0.25, 0.3) is 0 Å². The van der Waals surface area contributed by atoms with Crippen molar-refractivity contribution in [3.8, 4) is 0 Å².